The van der Waals surface area contributed by atoms with Gasteiger partial charge in [-0.3, -0.25) is 19.7 Å². The van der Waals surface area contributed by atoms with Crippen LogP contribution in [-0.2, 0) is 4.79 Å². The van der Waals surface area contributed by atoms with Crippen LogP contribution in [0.3, 0.4) is 0 Å². The van der Waals surface area contributed by atoms with Gasteiger partial charge in [0.25, 0.3) is 5.91 Å². The summed E-state index contributed by atoms with van der Waals surface area (Å²) in [6.45, 7) is -0.355. The van der Waals surface area contributed by atoms with Crippen molar-refractivity contribution >= 4 is 34.8 Å². The average molecular weight is 352 g/mol. The lowest BCUT2D eigenvalue weighted by molar-refractivity contribution is -0.387. The Morgan fingerprint density at radius 2 is 1.83 bits per heavy atom. The number of carbonyl (C=O) groups excluding carboxylic acids is 2. The van der Waals surface area contributed by atoms with Gasteiger partial charge in [-0.2, -0.15) is 4.39 Å². The molecular weight excluding hydrogens is 341 g/mol. The number of nitrogens with zero attached hydrogens (tertiary/aromatic N) is 1. The number of hydrogen-bond acceptors (Lipinski definition) is 4. The molecule has 0 spiro atoms. The normalized spacial score (nSPS) is 10.1. The van der Waals surface area contributed by atoms with E-state index in [1.807, 2.05) is 0 Å². The molecule has 2 aromatic carbocycles. The van der Waals surface area contributed by atoms with E-state index in [-0.39, 0.29) is 12.2 Å². The second-order valence-corrected chi connectivity index (χ2v) is 5.10. The van der Waals surface area contributed by atoms with Crippen LogP contribution in [0.15, 0.2) is 42.5 Å². The Bertz CT molecular complexity index is 796. The van der Waals surface area contributed by atoms with Crippen LogP contribution >= 0.6 is 11.6 Å². The number of nitro benzene ring substituents is 1. The van der Waals surface area contributed by atoms with Crippen LogP contribution in [0.2, 0.25) is 5.02 Å². The summed E-state index contributed by atoms with van der Waals surface area (Å²) in [6.07, 6.45) is 0. The lowest BCUT2D eigenvalue weighted by atomic mass is 10.2. The summed E-state index contributed by atoms with van der Waals surface area (Å²) in [5, 5.41) is 15.8. The monoisotopic (exact) mass is 351 g/mol. The second-order valence-electron chi connectivity index (χ2n) is 4.66. The Hall–Kier alpha value is -3.00. The van der Waals surface area contributed by atoms with Crippen molar-refractivity contribution in [2.75, 3.05) is 11.9 Å². The minimum Gasteiger partial charge on any atom is -0.343 e. The maximum absolute atomic E-state index is 13.2. The molecule has 0 aromatic heterocycles. The number of halogens is 2. The van der Waals surface area contributed by atoms with Gasteiger partial charge in [-0.1, -0.05) is 11.6 Å². The summed E-state index contributed by atoms with van der Waals surface area (Å²) in [5.41, 5.74) is -0.378. The maximum atomic E-state index is 13.2. The zero-order chi connectivity index (χ0) is 17.7. The van der Waals surface area contributed by atoms with Gasteiger partial charge in [0, 0.05) is 22.3 Å². The average Bonchev–Trinajstić information content (AvgIpc) is 2.55. The fourth-order valence-electron chi connectivity index (χ4n) is 1.80. The van der Waals surface area contributed by atoms with Gasteiger partial charge in [-0.25, -0.2) is 0 Å². The first-order chi connectivity index (χ1) is 11.4. The number of anilines is 1. The van der Waals surface area contributed by atoms with Gasteiger partial charge < -0.3 is 10.6 Å². The Kier molecular flexibility index (Phi) is 5.43. The number of hydrogen-bond donors (Lipinski definition) is 2. The predicted octanol–water partition coefficient (Wildman–Crippen LogP) is 2.76. The third-order valence-electron chi connectivity index (χ3n) is 2.94. The predicted molar refractivity (Wildman–Crippen MR) is 85.5 cm³/mol. The van der Waals surface area contributed by atoms with Gasteiger partial charge >= 0.3 is 5.69 Å². The minimum atomic E-state index is -1.01. The van der Waals surface area contributed by atoms with Crippen LogP contribution in [0, 0.1) is 15.9 Å². The first-order valence-corrected chi connectivity index (χ1v) is 7.02. The Morgan fingerprint density at radius 1 is 1.17 bits per heavy atom. The third kappa shape index (κ3) is 4.50. The molecule has 0 aliphatic rings. The molecule has 124 valence electrons. The molecule has 0 atom stereocenters. The van der Waals surface area contributed by atoms with E-state index in [1.54, 1.807) is 0 Å². The number of nitro groups is 1. The van der Waals surface area contributed by atoms with E-state index in [9.17, 15) is 24.1 Å². The molecular formula is C15H11ClFN3O4. The Morgan fingerprint density at radius 3 is 2.46 bits per heavy atom. The van der Waals surface area contributed by atoms with Gasteiger partial charge in [-0.05, 0) is 36.4 Å². The van der Waals surface area contributed by atoms with E-state index < -0.39 is 28.2 Å². The Labute approximate surface area is 140 Å². The minimum absolute atomic E-state index is 0.0499. The summed E-state index contributed by atoms with van der Waals surface area (Å²) in [4.78, 5) is 33.3. The van der Waals surface area contributed by atoms with Crippen molar-refractivity contribution in [2.24, 2.45) is 0 Å². The molecule has 24 heavy (non-hydrogen) atoms. The molecule has 0 saturated carbocycles. The summed E-state index contributed by atoms with van der Waals surface area (Å²) < 4.78 is 13.2. The molecule has 9 heteroatoms. The molecule has 0 saturated heterocycles. The second kappa shape index (κ2) is 7.51. The van der Waals surface area contributed by atoms with E-state index >= 15 is 0 Å². The molecule has 0 radical (unpaired) electrons. The van der Waals surface area contributed by atoms with Crippen LogP contribution in [0.1, 0.15) is 10.4 Å². The number of rotatable bonds is 5. The molecule has 2 N–H and O–H groups in total. The van der Waals surface area contributed by atoms with Gasteiger partial charge in [0.15, 0.2) is 0 Å². The number of benzene rings is 2. The van der Waals surface area contributed by atoms with Crippen LogP contribution < -0.4 is 10.6 Å². The van der Waals surface area contributed by atoms with E-state index in [0.717, 1.165) is 12.1 Å². The zero-order valence-corrected chi connectivity index (χ0v) is 12.8. The first-order valence-electron chi connectivity index (χ1n) is 6.64. The number of amides is 2. The van der Waals surface area contributed by atoms with Crippen molar-refractivity contribution in [3.8, 4) is 0 Å². The summed E-state index contributed by atoms with van der Waals surface area (Å²) in [5.74, 6) is -2.10. The fraction of sp³-hybridized carbons (Fsp3) is 0.0667. The quantitative estimate of drug-likeness (QED) is 0.638. The van der Waals surface area contributed by atoms with Crippen LogP contribution in [0.25, 0.3) is 0 Å². The first kappa shape index (κ1) is 17.4. The number of carbonyl (C=O) groups is 2. The lowest BCUT2D eigenvalue weighted by Crippen LogP contribution is -2.32. The highest BCUT2D eigenvalue weighted by molar-refractivity contribution is 6.30. The molecule has 7 nitrogen and oxygen atoms in total. The molecule has 0 unspecified atom stereocenters. The van der Waals surface area contributed by atoms with Gasteiger partial charge in [-0.15, -0.1) is 0 Å². The topological polar surface area (TPSA) is 101 Å². The number of nitrogens with one attached hydrogen (secondary N) is 2. The highest BCUT2D eigenvalue weighted by Crippen LogP contribution is 2.21. The fourth-order valence-corrected chi connectivity index (χ4v) is 1.93. The molecule has 0 bridgehead atoms. The van der Waals surface area contributed by atoms with Crippen molar-refractivity contribution in [3.05, 3.63) is 69.0 Å². The van der Waals surface area contributed by atoms with Crippen molar-refractivity contribution in [3.63, 3.8) is 0 Å². The van der Waals surface area contributed by atoms with Crippen LogP contribution in [-0.4, -0.2) is 23.3 Å². The van der Waals surface area contributed by atoms with E-state index in [0.29, 0.717) is 10.6 Å². The molecule has 2 amide bonds. The highest BCUT2D eigenvalue weighted by atomic mass is 35.5. The van der Waals surface area contributed by atoms with E-state index in [2.05, 4.69) is 10.6 Å². The van der Waals surface area contributed by atoms with Crippen molar-refractivity contribution < 1.29 is 18.9 Å². The van der Waals surface area contributed by atoms with Gasteiger partial charge in [0.2, 0.25) is 11.7 Å². The van der Waals surface area contributed by atoms with Crippen LogP contribution in [0.4, 0.5) is 15.8 Å². The van der Waals surface area contributed by atoms with E-state index in [1.165, 1.54) is 30.3 Å². The summed E-state index contributed by atoms with van der Waals surface area (Å²) in [7, 11) is 0. The van der Waals surface area contributed by atoms with E-state index in [4.69, 9.17) is 11.6 Å². The van der Waals surface area contributed by atoms with Gasteiger partial charge in [0.05, 0.1) is 11.5 Å². The molecule has 0 fully saturated rings. The molecule has 2 rings (SSSR count). The molecule has 0 heterocycles. The summed E-state index contributed by atoms with van der Waals surface area (Å²) >= 11 is 5.71. The zero-order valence-electron chi connectivity index (χ0n) is 12.1. The van der Waals surface area contributed by atoms with Crippen molar-refractivity contribution in [1.82, 2.24) is 5.32 Å². The largest absolute Gasteiger partial charge is 0.343 e. The smallest absolute Gasteiger partial charge is 0.306 e. The summed E-state index contributed by atoms with van der Waals surface area (Å²) in [6, 6.07) is 9.02. The Balaban J connectivity index is 1.94. The third-order valence-corrected chi connectivity index (χ3v) is 3.19. The van der Waals surface area contributed by atoms with Crippen LogP contribution in [0.5, 0.6) is 0 Å². The standard InChI is InChI=1S/C15H11ClFN3O4/c16-10-3-1-9(2-4-10)15(22)18-8-14(21)19-11-5-6-12(17)13(7-11)20(23)24/h1-7H,8H2,(H,18,22)(H,19,21). The molecule has 0 aliphatic carbocycles. The maximum Gasteiger partial charge on any atom is 0.306 e. The lowest BCUT2D eigenvalue weighted by Gasteiger charge is -2.07. The molecule has 2 aromatic rings. The molecule has 0 aliphatic heterocycles. The van der Waals surface area contributed by atoms with Gasteiger partial charge in [0.1, 0.15) is 0 Å². The SMILES string of the molecule is O=C(CNC(=O)c1ccc(Cl)cc1)Nc1ccc(F)c([N+](=O)[O-])c1. The van der Waals surface area contributed by atoms with Crippen molar-refractivity contribution in [1.29, 1.82) is 0 Å². The highest BCUT2D eigenvalue weighted by Gasteiger charge is 2.15. The van der Waals surface area contributed by atoms with Crippen molar-refractivity contribution in [2.45, 2.75) is 0 Å².